The summed E-state index contributed by atoms with van der Waals surface area (Å²) in [6.07, 6.45) is 38.3. The van der Waals surface area contributed by atoms with Crippen LogP contribution >= 0.6 is 7.82 Å². The lowest BCUT2D eigenvalue weighted by Gasteiger charge is -2.20. The molecule has 3 N–H and O–H groups in total. The lowest BCUT2D eigenvalue weighted by Crippen LogP contribution is -2.29. The van der Waals surface area contributed by atoms with Crippen molar-refractivity contribution in [1.82, 2.24) is 0 Å². The van der Waals surface area contributed by atoms with Crippen molar-refractivity contribution >= 4 is 19.8 Å². The molecule has 3 atom stereocenters. The minimum absolute atomic E-state index is 0.137. The Morgan fingerprint density at radius 1 is 0.566 bits per heavy atom. The van der Waals surface area contributed by atoms with Crippen molar-refractivity contribution < 1.29 is 47.8 Å². The van der Waals surface area contributed by atoms with Gasteiger partial charge in [-0.25, -0.2) is 4.57 Å². The first-order valence-corrected chi connectivity index (χ1v) is 22.4. The zero-order valence-corrected chi connectivity index (χ0v) is 34.4. The lowest BCUT2D eigenvalue weighted by molar-refractivity contribution is -0.161. The highest BCUT2D eigenvalue weighted by Gasteiger charge is 2.27. The second-order valence-electron chi connectivity index (χ2n) is 14.0. The predicted molar refractivity (Wildman–Crippen MR) is 214 cm³/mol. The predicted octanol–water partition coefficient (Wildman–Crippen LogP) is 10.8. The fraction of sp³-hybridized carbons (Fsp3) is 0.810. The van der Waals surface area contributed by atoms with Crippen molar-refractivity contribution in [1.29, 1.82) is 0 Å². The highest BCUT2D eigenvalue weighted by atomic mass is 31.2. The molecular weight excluding hydrogens is 695 g/mol. The molecule has 0 aliphatic rings. The van der Waals surface area contributed by atoms with Crippen LogP contribution < -0.4 is 0 Å². The Morgan fingerprint density at radius 3 is 1.51 bits per heavy atom. The van der Waals surface area contributed by atoms with Gasteiger partial charge in [-0.15, -0.1) is 0 Å². The van der Waals surface area contributed by atoms with Crippen LogP contribution in [-0.2, 0) is 32.7 Å². The van der Waals surface area contributed by atoms with Gasteiger partial charge in [0.2, 0.25) is 0 Å². The van der Waals surface area contributed by atoms with Gasteiger partial charge in [-0.05, 0) is 51.4 Å². The molecule has 0 spiro atoms. The van der Waals surface area contributed by atoms with E-state index in [-0.39, 0.29) is 19.4 Å². The smallest absolute Gasteiger partial charge is 0.462 e. The van der Waals surface area contributed by atoms with Crippen LogP contribution in [0.25, 0.3) is 0 Å². The fourth-order valence-electron chi connectivity index (χ4n) is 5.53. The van der Waals surface area contributed by atoms with Crippen LogP contribution in [-0.4, -0.2) is 65.7 Å². The molecule has 0 aliphatic heterocycles. The van der Waals surface area contributed by atoms with Crippen LogP contribution in [0.15, 0.2) is 36.5 Å². The molecule has 0 aromatic carbocycles. The number of esters is 2. The number of hydrogen-bond acceptors (Lipinski definition) is 9. The third-order valence-electron chi connectivity index (χ3n) is 8.80. The van der Waals surface area contributed by atoms with E-state index >= 15 is 0 Å². The van der Waals surface area contributed by atoms with E-state index in [9.17, 15) is 24.2 Å². The second kappa shape index (κ2) is 38.5. The molecule has 0 aliphatic carbocycles. The summed E-state index contributed by atoms with van der Waals surface area (Å²) in [5.74, 6) is -0.966. The minimum Gasteiger partial charge on any atom is -0.462 e. The molecule has 11 heteroatoms. The number of ether oxygens (including phenoxy) is 2. The number of allylic oxidation sites excluding steroid dienone is 6. The average Bonchev–Trinajstić information content (AvgIpc) is 3.14. The molecule has 0 saturated carbocycles. The van der Waals surface area contributed by atoms with Crippen LogP contribution in [0.5, 0.6) is 0 Å². The molecule has 0 aromatic heterocycles. The molecule has 0 rings (SSSR count). The summed E-state index contributed by atoms with van der Waals surface area (Å²) in [6.45, 7) is 2.31. The Morgan fingerprint density at radius 2 is 0.981 bits per heavy atom. The highest BCUT2D eigenvalue weighted by Crippen LogP contribution is 2.43. The third-order valence-corrected chi connectivity index (χ3v) is 9.75. The summed E-state index contributed by atoms with van der Waals surface area (Å²) < 4.78 is 32.6. The first kappa shape index (κ1) is 51.2. The summed E-state index contributed by atoms with van der Waals surface area (Å²) in [5, 5.41) is 18.3. The van der Waals surface area contributed by atoms with Gasteiger partial charge in [0.1, 0.15) is 12.7 Å². The number of rotatable bonds is 39. The number of aliphatic hydroxyl groups is 2. The number of phosphoric ester groups is 1. The average molecular weight is 773 g/mol. The number of aliphatic hydroxyl groups excluding tert-OH is 2. The largest absolute Gasteiger partial charge is 0.472 e. The molecule has 310 valence electrons. The molecule has 0 aromatic rings. The fourth-order valence-corrected chi connectivity index (χ4v) is 6.32. The maximum Gasteiger partial charge on any atom is 0.472 e. The lowest BCUT2D eigenvalue weighted by atomic mass is 10.0. The van der Waals surface area contributed by atoms with Crippen LogP contribution in [0.3, 0.4) is 0 Å². The maximum atomic E-state index is 12.6. The summed E-state index contributed by atoms with van der Waals surface area (Å²) in [6, 6.07) is 0. The van der Waals surface area contributed by atoms with Crippen molar-refractivity contribution in [2.24, 2.45) is 0 Å². The van der Waals surface area contributed by atoms with Gasteiger partial charge >= 0.3 is 19.8 Å². The quantitative estimate of drug-likeness (QED) is 0.0238. The van der Waals surface area contributed by atoms with E-state index in [2.05, 4.69) is 54.8 Å². The van der Waals surface area contributed by atoms with Gasteiger partial charge in [-0.1, -0.05) is 153 Å². The number of hydrogen-bond donors (Lipinski definition) is 3. The first-order valence-electron chi connectivity index (χ1n) is 20.9. The number of unbranched alkanes of at least 4 members (excludes halogenated alkanes) is 19. The van der Waals surface area contributed by atoms with Gasteiger partial charge in [0.25, 0.3) is 0 Å². The Labute approximate surface area is 322 Å². The molecular formula is C42H77O10P. The summed E-state index contributed by atoms with van der Waals surface area (Å²) >= 11 is 0. The minimum atomic E-state index is -4.62. The van der Waals surface area contributed by atoms with E-state index < -0.39 is 51.8 Å². The van der Waals surface area contributed by atoms with E-state index in [0.29, 0.717) is 12.8 Å². The molecule has 1 unspecified atom stereocenters. The van der Waals surface area contributed by atoms with Crippen LogP contribution in [0.1, 0.15) is 181 Å². The van der Waals surface area contributed by atoms with Crippen molar-refractivity contribution in [3.8, 4) is 0 Å². The molecule has 0 bridgehead atoms. The Balaban J connectivity index is 4.37. The summed E-state index contributed by atoms with van der Waals surface area (Å²) in [7, 11) is -4.62. The monoisotopic (exact) mass is 773 g/mol. The second-order valence-corrected chi connectivity index (χ2v) is 15.5. The Bertz CT molecular complexity index is 983. The molecule has 53 heavy (non-hydrogen) atoms. The van der Waals surface area contributed by atoms with E-state index in [4.69, 9.17) is 19.1 Å². The molecule has 0 amide bonds. The van der Waals surface area contributed by atoms with Crippen LogP contribution in [0, 0.1) is 0 Å². The summed E-state index contributed by atoms with van der Waals surface area (Å²) in [4.78, 5) is 34.9. The normalized spacial score (nSPS) is 14.3. The van der Waals surface area contributed by atoms with Crippen molar-refractivity contribution in [2.75, 3.05) is 26.4 Å². The van der Waals surface area contributed by atoms with E-state index in [0.717, 1.165) is 51.4 Å². The third kappa shape index (κ3) is 38.3. The maximum absolute atomic E-state index is 12.6. The Hall–Kier alpha value is -1.81. The summed E-state index contributed by atoms with van der Waals surface area (Å²) in [5.41, 5.74) is 0. The van der Waals surface area contributed by atoms with E-state index in [1.54, 1.807) is 0 Å². The van der Waals surface area contributed by atoms with E-state index in [1.165, 1.54) is 89.9 Å². The van der Waals surface area contributed by atoms with Crippen molar-refractivity contribution in [3.63, 3.8) is 0 Å². The number of carbonyl (C=O) groups is 2. The molecule has 10 nitrogen and oxygen atoms in total. The van der Waals surface area contributed by atoms with Crippen molar-refractivity contribution in [2.45, 2.75) is 193 Å². The van der Waals surface area contributed by atoms with E-state index in [1.807, 2.05) is 0 Å². The van der Waals surface area contributed by atoms with Gasteiger partial charge in [0, 0.05) is 12.8 Å². The first-order chi connectivity index (χ1) is 25.7. The van der Waals surface area contributed by atoms with Gasteiger partial charge in [-0.2, -0.15) is 0 Å². The van der Waals surface area contributed by atoms with Gasteiger partial charge in [0.05, 0.1) is 19.8 Å². The zero-order chi connectivity index (χ0) is 39.1. The van der Waals surface area contributed by atoms with Crippen LogP contribution in [0.4, 0.5) is 0 Å². The highest BCUT2D eigenvalue weighted by molar-refractivity contribution is 7.47. The van der Waals surface area contributed by atoms with Gasteiger partial charge < -0.3 is 24.6 Å². The van der Waals surface area contributed by atoms with Gasteiger partial charge in [0.15, 0.2) is 6.10 Å². The zero-order valence-electron chi connectivity index (χ0n) is 33.5. The molecule has 0 radical (unpaired) electrons. The molecule has 0 saturated heterocycles. The molecule has 0 heterocycles. The Kier molecular flexibility index (Phi) is 37.2. The van der Waals surface area contributed by atoms with Crippen molar-refractivity contribution in [3.05, 3.63) is 36.5 Å². The van der Waals surface area contributed by atoms with Crippen LogP contribution in [0.2, 0.25) is 0 Å². The SMILES string of the molecule is CCCCC/C=C\C/C=C\C/C=C\CCCCC(=O)O[C@H](COC(=O)CCCCCCCCCCCCCCCCC)COP(=O)(O)OC[C@@H](O)CO. The van der Waals surface area contributed by atoms with Gasteiger partial charge in [-0.3, -0.25) is 18.6 Å². The molecule has 0 fully saturated rings. The standard InChI is InChI=1S/C42H77O10P/c1-3-5-7-9-11-13-15-17-19-21-23-25-27-29-31-33-41(45)49-37-40(38-51-53(47,48)50-36-39(44)35-43)52-42(46)34-32-30-28-26-24-22-20-18-16-14-12-10-8-6-4-2/h12,14,18,20,24,26,39-40,43-44H,3-11,13,15-17,19,21-23,25,27-38H2,1-2H3,(H,47,48)/b14-12-,20-18-,26-24-/t39-,40+/m0/s1. The topological polar surface area (TPSA) is 149 Å². The number of carbonyl (C=O) groups excluding carboxylic acids is 2. The number of phosphoric acid groups is 1.